The number of nitrogens with zero attached hydrogens (tertiary/aromatic N) is 3. The smallest absolute Gasteiger partial charge is 0.293 e. The first-order valence-electron chi connectivity index (χ1n) is 6.48. The van der Waals surface area contributed by atoms with Crippen molar-refractivity contribution < 1.29 is 9.53 Å². The topological polar surface area (TPSA) is 71.1 Å². The molecule has 1 aliphatic heterocycles. The molecular weight excluding hydrogens is 232 g/mol. The van der Waals surface area contributed by atoms with Crippen LogP contribution < -0.4 is 0 Å². The molecule has 0 aromatic carbocycles. The number of rotatable bonds is 3. The molecule has 1 aliphatic carbocycles. The van der Waals surface area contributed by atoms with E-state index in [1.807, 2.05) is 6.92 Å². The minimum atomic E-state index is -0.125. The Bertz CT molecular complexity index is 455. The van der Waals surface area contributed by atoms with Gasteiger partial charge in [-0.2, -0.15) is 0 Å². The first-order chi connectivity index (χ1) is 8.66. The van der Waals surface area contributed by atoms with E-state index in [4.69, 9.17) is 4.74 Å². The van der Waals surface area contributed by atoms with E-state index in [0.717, 1.165) is 25.1 Å². The van der Waals surface area contributed by atoms with Crippen LogP contribution in [0.2, 0.25) is 0 Å². The highest BCUT2D eigenvalue weighted by molar-refractivity contribution is 5.90. The highest BCUT2D eigenvalue weighted by Gasteiger charge is 2.33. The Morgan fingerprint density at radius 2 is 2.22 bits per heavy atom. The molecule has 1 aromatic rings. The number of amides is 1. The summed E-state index contributed by atoms with van der Waals surface area (Å²) in [6.07, 6.45) is 3.25. The average Bonchev–Trinajstić information content (AvgIpc) is 2.94. The molecule has 1 N–H and O–H groups in total. The van der Waals surface area contributed by atoms with Crippen LogP contribution in [0.1, 0.15) is 48.5 Å². The molecule has 6 heteroatoms. The Balaban J connectivity index is 1.72. The Labute approximate surface area is 106 Å². The lowest BCUT2D eigenvalue weighted by molar-refractivity contribution is 0.0565. The molecule has 1 aromatic heterocycles. The monoisotopic (exact) mass is 250 g/mol. The highest BCUT2D eigenvalue weighted by Crippen LogP contribution is 2.37. The van der Waals surface area contributed by atoms with Gasteiger partial charge in [-0.1, -0.05) is 0 Å². The van der Waals surface area contributed by atoms with Crippen LogP contribution in [0.25, 0.3) is 0 Å². The predicted molar refractivity (Wildman–Crippen MR) is 64.3 cm³/mol. The van der Waals surface area contributed by atoms with E-state index in [0.29, 0.717) is 12.5 Å². The molecule has 0 radical (unpaired) electrons. The summed E-state index contributed by atoms with van der Waals surface area (Å²) >= 11 is 0. The Kier molecular flexibility index (Phi) is 2.81. The highest BCUT2D eigenvalue weighted by atomic mass is 16.5. The summed E-state index contributed by atoms with van der Waals surface area (Å²) in [7, 11) is 1.80. The molecule has 6 nitrogen and oxygen atoms in total. The number of ether oxygens (including phenoxy) is 1. The summed E-state index contributed by atoms with van der Waals surface area (Å²) in [5.41, 5.74) is 0. The second-order valence-corrected chi connectivity index (χ2v) is 5.17. The minimum absolute atomic E-state index is 0.0841. The van der Waals surface area contributed by atoms with E-state index in [2.05, 4.69) is 15.2 Å². The number of hydrogen-bond acceptors (Lipinski definition) is 4. The van der Waals surface area contributed by atoms with Crippen molar-refractivity contribution in [2.45, 2.75) is 44.2 Å². The van der Waals surface area contributed by atoms with Crippen molar-refractivity contribution in [2.24, 2.45) is 0 Å². The van der Waals surface area contributed by atoms with E-state index in [9.17, 15) is 4.79 Å². The van der Waals surface area contributed by atoms with Crippen LogP contribution >= 0.6 is 0 Å². The van der Waals surface area contributed by atoms with E-state index in [-0.39, 0.29) is 23.9 Å². The Morgan fingerprint density at radius 3 is 2.83 bits per heavy atom. The van der Waals surface area contributed by atoms with Gasteiger partial charge in [-0.3, -0.25) is 9.89 Å². The number of aromatic amines is 1. The summed E-state index contributed by atoms with van der Waals surface area (Å²) in [6.45, 7) is 2.71. The number of carbonyl (C=O) groups is 1. The van der Waals surface area contributed by atoms with E-state index in [1.165, 1.54) is 0 Å². The van der Waals surface area contributed by atoms with E-state index >= 15 is 0 Å². The van der Waals surface area contributed by atoms with Crippen LogP contribution in [0, 0.1) is 0 Å². The van der Waals surface area contributed by atoms with Crippen LogP contribution in [-0.4, -0.2) is 51.8 Å². The molecule has 0 spiro atoms. The number of hydrogen-bond donors (Lipinski definition) is 1. The molecule has 98 valence electrons. The molecule has 1 amide bonds. The fourth-order valence-electron chi connectivity index (χ4n) is 2.45. The van der Waals surface area contributed by atoms with Crippen LogP contribution in [0.15, 0.2) is 0 Å². The van der Waals surface area contributed by atoms with Crippen molar-refractivity contribution >= 4 is 5.91 Å². The molecule has 1 saturated heterocycles. The van der Waals surface area contributed by atoms with Gasteiger partial charge in [0.1, 0.15) is 5.82 Å². The van der Waals surface area contributed by atoms with Crippen molar-refractivity contribution in [3.8, 4) is 0 Å². The number of aromatic nitrogens is 3. The average molecular weight is 250 g/mol. The predicted octanol–water partition coefficient (Wildman–Crippen LogP) is 0.931. The SMILES string of the molecule is CC1OCCC1N(C)C(=O)c1n[nH]c(C2CC2)n1. The lowest BCUT2D eigenvalue weighted by Crippen LogP contribution is -2.41. The van der Waals surface area contributed by atoms with Crippen molar-refractivity contribution in [3.05, 3.63) is 11.6 Å². The number of likely N-dealkylation sites (N-methyl/N-ethyl adjacent to an activating group) is 1. The fourth-order valence-corrected chi connectivity index (χ4v) is 2.45. The largest absolute Gasteiger partial charge is 0.376 e. The third-order valence-electron chi connectivity index (χ3n) is 3.81. The summed E-state index contributed by atoms with van der Waals surface area (Å²) in [5, 5.41) is 6.89. The van der Waals surface area contributed by atoms with Crippen LogP contribution in [0.3, 0.4) is 0 Å². The Hall–Kier alpha value is -1.43. The summed E-state index contributed by atoms with van der Waals surface area (Å²) in [4.78, 5) is 18.3. The summed E-state index contributed by atoms with van der Waals surface area (Å²) in [6, 6.07) is 0.125. The molecule has 3 rings (SSSR count). The molecule has 2 atom stereocenters. The molecule has 2 aliphatic rings. The van der Waals surface area contributed by atoms with E-state index in [1.54, 1.807) is 11.9 Å². The molecule has 0 bridgehead atoms. The van der Waals surface area contributed by atoms with Gasteiger partial charge in [0.2, 0.25) is 5.82 Å². The van der Waals surface area contributed by atoms with E-state index < -0.39 is 0 Å². The molecule has 2 fully saturated rings. The second kappa shape index (κ2) is 4.35. The van der Waals surface area contributed by atoms with Gasteiger partial charge in [-0.05, 0) is 26.2 Å². The molecule has 2 unspecified atom stereocenters. The first-order valence-corrected chi connectivity index (χ1v) is 6.48. The van der Waals surface area contributed by atoms with Crippen LogP contribution in [0.5, 0.6) is 0 Å². The maximum absolute atomic E-state index is 12.3. The minimum Gasteiger partial charge on any atom is -0.376 e. The number of carbonyl (C=O) groups excluding carboxylic acids is 1. The van der Waals surface area contributed by atoms with Gasteiger partial charge in [-0.15, -0.1) is 5.10 Å². The lowest BCUT2D eigenvalue weighted by Gasteiger charge is -2.25. The van der Waals surface area contributed by atoms with Gasteiger partial charge in [0.15, 0.2) is 0 Å². The molecule has 1 saturated carbocycles. The van der Waals surface area contributed by atoms with Crippen LogP contribution in [-0.2, 0) is 4.74 Å². The van der Waals surface area contributed by atoms with Gasteiger partial charge in [0.25, 0.3) is 5.91 Å². The normalized spacial score (nSPS) is 27.4. The maximum atomic E-state index is 12.3. The third kappa shape index (κ3) is 2.01. The molecule has 2 heterocycles. The molecular formula is C12H18N4O2. The quantitative estimate of drug-likeness (QED) is 0.866. The zero-order valence-electron chi connectivity index (χ0n) is 10.7. The third-order valence-corrected chi connectivity index (χ3v) is 3.81. The fraction of sp³-hybridized carbons (Fsp3) is 0.750. The van der Waals surface area contributed by atoms with Gasteiger partial charge in [0.05, 0.1) is 12.1 Å². The summed E-state index contributed by atoms with van der Waals surface area (Å²) < 4.78 is 5.48. The number of nitrogens with one attached hydrogen (secondary N) is 1. The van der Waals surface area contributed by atoms with Crippen molar-refractivity contribution in [2.75, 3.05) is 13.7 Å². The van der Waals surface area contributed by atoms with Gasteiger partial charge >= 0.3 is 0 Å². The maximum Gasteiger partial charge on any atom is 0.293 e. The summed E-state index contributed by atoms with van der Waals surface area (Å²) in [5.74, 6) is 1.49. The van der Waals surface area contributed by atoms with Gasteiger partial charge in [0, 0.05) is 19.6 Å². The van der Waals surface area contributed by atoms with Crippen molar-refractivity contribution in [1.82, 2.24) is 20.1 Å². The van der Waals surface area contributed by atoms with Gasteiger partial charge < -0.3 is 9.64 Å². The zero-order valence-corrected chi connectivity index (χ0v) is 10.7. The van der Waals surface area contributed by atoms with Crippen molar-refractivity contribution in [1.29, 1.82) is 0 Å². The lowest BCUT2D eigenvalue weighted by atomic mass is 10.1. The second-order valence-electron chi connectivity index (χ2n) is 5.17. The number of H-pyrrole nitrogens is 1. The van der Waals surface area contributed by atoms with Crippen molar-refractivity contribution in [3.63, 3.8) is 0 Å². The van der Waals surface area contributed by atoms with Gasteiger partial charge in [-0.25, -0.2) is 4.98 Å². The molecule has 18 heavy (non-hydrogen) atoms. The zero-order chi connectivity index (χ0) is 12.7. The standard InChI is InChI=1S/C12H18N4O2/c1-7-9(5-6-18-7)16(2)12(17)11-13-10(14-15-11)8-3-4-8/h7-9H,3-6H2,1-2H3,(H,13,14,15). The van der Waals surface area contributed by atoms with Crippen LogP contribution in [0.4, 0.5) is 0 Å². The first kappa shape index (κ1) is 11.6. The Morgan fingerprint density at radius 1 is 1.44 bits per heavy atom.